The van der Waals surface area contributed by atoms with Crippen LogP contribution in [0.25, 0.3) is 22.5 Å². The van der Waals surface area contributed by atoms with E-state index in [9.17, 15) is 22.0 Å². The molecule has 1 heterocycles. The van der Waals surface area contributed by atoms with Crippen LogP contribution in [0.3, 0.4) is 0 Å². The number of rotatable bonds is 5. The van der Waals surface area contributed by atoms with E-state index in [1.807, 2.05) is 60.7 Å². The average Bonchev–Trinajstić information content (AvgIpc) is 2.86. The summed E-state index contributed by atoms with van der Waals surface area (Å²) in [6.45, 7) is 1.10. The molecule has 4 aromatic rings. The molecule has 33 heavy (non-hydrogen) atoms. The Kier molecular flexibility index (Phi) is 6.12. The van der Waals surface area contributed by atoms with Crippen molar-refractivity contribution < 1.29 is 22.0 Å². The molecule has 166 valence electrons. The quantitative estimate of drug-likeness (QED) is 0.126. The summed E-state index contributed by atoms with van der Waals surface area (Å²) >= 11 is 0. The lowest BCUT2D eigenvalue weighted by atomic mass is 10.1. The van der Waals surface area contributed by atoms with Crippen molar-refractivity contribution in [2.24, 2.45) is 5.10 Å². The van der Waals surface area contributed by atoms with Crippen molar-refractivity contribution in [2.45, 2.75) is 6.92 Å². The Hall–Kier alpha value is -4.14. The second-order valence-electron chi connectivity index (χ2n) is 6.95. The third-order valence-corrected chi connectivity index (χ3v) is 4.76. The van der Waals surface area contributed by atoms with Gasteiger partial charge < -0.3 is 0 Å². The van der Waals surface area contributed by atoms with Crippen LogP contribution in [-0.4, -0.2) is 15.7 Å². The van der Waals surface area contributed by atoms with E-state index in [2.05, 4.69) is 20.5 Å². The van der Waals surface area contributed by atoms with Gasteiger partial charge in [-0.1, -0.05) is 60.7 Å². The lowest BCUT2D eigenvalue weighted by Crippen LogP contribution is -2.13. The van der Waals surface area contributed by atoms with Crippen LogP contribution in [0.15, 0.2) is 71.8 Å². The van der Waals surface area contributed by atoms with Crippen molar-refractivity contribution >= 4 is 11.7 Å². The summed E-state index contributed by atoms with van der Waals surface area (Å²) in [6, 6.07) is 20.1. The van der Waals surface area contributed by atoms with E-state index in [4.69, 9.17) is 0 Å². The summed E-state index contributed by atoms with van der Waals surface area (Å²) in [6.07, 6.45) is 0. The molecular weight excluding hydrogens is 439 g/mol. The molecule has 4 rings (SSSR count). The molecule has 1 N–H and O–H groups in total. The predicted molar refractivity (Wildman–Crippen MR) is 115 cm³/mol. The largest absolute Gasteiger partial charge is 0.245 e. The van der Waals surface area contributed by atoms with Gasteiger partial charge in [0.15, 0.2) is 23.3 Å². The lowest BCUT2D eigenvalue weighted by Gasteiger charge is -2.10. The summed E-state index contributed by atoms with van der Waals surface area (Å²) in [5, 5.41) is 3.77. The number of hydrogen-bond donors (Lipinski definition) is 1. The minimum atomic E-state index is -2.24. The van der Waals surface area contributed by atoms with Crippen molar-refractivity contribution in [2.75, 3.05) is 5.43 Å². The average molecular weight is 454 g/mol. The van der Waals surface area contributed by atoms with Crippen molar-refractivity contribution in [1.82, 2.24) is 9.97 Å². The van der Waals surface area contributed by atoms with E-state index in [0.717, 1.165) is 18.1 Å². The SMILES string of the molecule is CC(=NNc1nc(-c2ccccc2)cc(-c2ccccc2)n1)c1c(F)c(F)c(F)c(F)c1F. The van der Waals surface area contributed by atoms with E-state index < -0.39 is 40.4 Å². The standard InChI is InChI=1S/C24H15F5N4/c1-13(18-19(25)21(27)23(29)22(28)20(18)26)32-33-24-30-16(14-8-4-2-5-9-14)12-17(31-24)15-10-6-3-7-11-15/h2-12H,1H3,(H,30,31,33). The summed E-state index contributed by atoms with van der Waals surface area (Å²) in [5.41, 5.74) is 3.49. The van der Waals surface area contributed by atoms with Crippen LogP contribution in [0.1, 0.15) is 12.5 Å². The minimum Gasteiger partial charge on any atom is -0.245 e. The van der Waals surface area contributed by atoms with Crippen molar-refractivity contribution in [3.63, 3.8) is 0 Å². The maximum atomic E-state index is 14.1. The molecular formula is C24H15F5N4. The highest BCUT2D eigenvalue weighted by Gasteiger charge is 2.27. The molecule has 0 atom stereocenters. The lowest BCUT2D eigenvalue weighted by molar-refractivity contribution is 0.377. The molecule has 3 aromatic carbocycles. The van der Waals surface area contributed by atoms with Gasteiger partial charge in [-0.25, -0.2) is 37.3 Å². The molecule has 0 fully saturated rings. The fraction of sp³-hybridized carbons (Fsp3) is 0.0417. The van der Waals surface area contributed by atoms with E-state index in [-0.39, 0.29) is 5.95 Å². The first kappa shape index (κ1) is 22.1. The van der Waals surface area contributed by atoms with Gasteiger partial charge in [0, 0.05) is 11.1 Å². The number of halogens is 5. The molecule has 4 nitrogen and oxygen atoms in total. The number of hydrogen-bond acceptors (Lipinski definition) is 4. The molecule has 0 amide bonds. The number of benzene rings is 3. The van der Waals surface area contributed by atoms with Crippen LogP contribution in [0, 0.1) is 29.1 Å². The number of anilines is 1. The molecule has 0 aliphatic rings. The molecule has 0 aliphatic heterocycles. The topological polar surface area (TPSA) is 50.2 Å². The predicted octanol–water partition coefficient (Wildman–Crippen LogP) is 6.34. The zero-order valence-electron chi connectivity index (χ0n) is 17.1. The van der Waals surface area contributed by atoms with Crippen LogP contribution in [-0.2, 0) is 0 Å². The van der Waals surface area contributed by atoms with Crippen molar-refractivity contribution in [3.8, 4) is 22.5 Å². The molecule has 0 spiro atoms. The van der Waals surface area contributed by atoms with Crippen LogP contribution >= 0.6 is 0 Å². The third kappa shape index (κ3) is 4.43. The van der Waals surface area contributed by atoms with E-state index in [1.165, 1.54) is 0 Å². The molecule has 0 saturated carbocycles. The van der Waals surface area contributed by atoms with Gasteiger partial charge in [-0.2, -0.15) is 5.10 Å². The Morgan fingerprint density at radius 3 is 1.55 bits per heavy atom. The summed E-state index contributed by atoms with van der Waals surface area (Å²) in [5.74, 6) is -10.3. The zero-order chi connectivity index (χ0) is 23.5. The van der Waals surface area contributed by atoms with Crippen LogP contribution in [0.2, 0.25) is 0 Å². The van der Waals surface area contributed by atoms with Gasteiger partial charge in [-0.15, -0.1) is 0 Å². The maximum absolute atomic E-state index is 14.1. The monoisotopic (exact) mass is 454 g/mol. The minimum absolute atomic E-state index is 0.0292. The molecule has 0 unspecified atom stereocenters. The second-order valence-corrected chi connectivity index (χ2v) is 6.95. The second kappa shape index (κ2) is 9.15. The first-order chi connectivity index (χ1) is 15.9. The molecule has 1 aromatic heterocycles. The van der Waals surface area contributed by atoms with Gasteiger partial charge in [0.25, 0.3) is 0 Å². The van der Waals surface area contributed by atoms with E-state index in [0.29, 0.717) is 11.4 Å². The summed E-state index contributed by atoms with van der Waals surface area (Å²) < 4.78 is 68.6. The Morgan fingerprint density at radius 1 is 0.667 bits per heavy atom. The Labute approximate surface area is 185 Å². The first-order valence-electron chi connectivity index (χ1n) is 9.69. The van der Waals surface area contributed by atoms with Gasteiger partial charge in [0.05, 0.1) is 22.7 Å². The first-order valence-corrected chi connectivity index (χ1v) is 9.69. The van der Waals surface area contributed by atoms with Gasteiger partial charge in [-0.05, 0) is 13.0 Å². The van der Waals surface area contributed by atoms with Gasteiger partial charge in [0.2, 0.25) is 11.8 Å². The summed E-state index contributed by atoms with van der Waals surface area (Å²) in [7, 11) is 0. The fourth-order valence-electron chi connectivity index (χ4n) is 3.12. The Balaban J connectivity index is 1.76. The molecule has 0 saturated heterocycles. The van der Waals surface area contributed by atoms with Crippen molar-refractivity contribution in [1.29, 1.82) is 0 Å². The highest BCUT2D eigenvalue weighted by Crippen LogP contribution is 2.26. The van der Waals surface area contributed by atoms with E-state index >= 15 is 0 Å². The van der Waals surface area contributed by atoms with Gasteiger partial charge in [0.1, 0.15) is 0 Å². The van der Waals surface area contributed by atoms with Crippen LogP contribution in [0.4, 0.5) is 27.9 Å². The van der Waals surface area contributed by atoms with Crippen LogP contribution < -0.4 is 5.43 Å². The van der Waals surface area contributed by atoms with Crippen LogP contribution in [0.5, 0.6) is 0 Å². The smallest absolute Gasteiger partial charge is 0.244 e. The third-order valence-electron chi connectivity index (χ3n) is 4.76. The highest BCUT2D eigenvalue weighted by molar-refractivity contribution is 5.99. The van der Waals surface area contributed by atoms with Gasteiger partial charge in [-0.3, -0.25) is 0 Å². The van der Waals surface area contributed by atoms with Gasteiger partial charge >= 0.3 is 0 Å². The number of aromatic nitrogens is 2. The number of nitrogens with one attached hydrogen (secondary N) is 1. The van der Waals surface area contributed by atoms with E-state index in [1.54, 1.807) is 6.07 Å². The highest BCUT2D eigenvalue weighted by atomic mass is 19.2. The molecule has 0 aliphatic carbocycles. The zero-order valence-corrected chi connectivity index (χ0v) is 17.1. The fourth-order valence-corrected chi connectivity index (χ4v) is 3.12. The Bertz CT molecular complexity index is 1260. The number of hydrazone groups is 1. The molecule has 0 bridgehead atoms. The molecule has 0 radical (unpaired) electrons. The number of nitrogens with zero attached hydrogens (tertiary/aromatic N) is 3. The molecule has 9 heteroatoms. The maximum Gasteiger partial charge on any atom is 0.244 e. The summed E-state index contributed by atoms with van der Waals surface area (Å²) in [4.78, 5) is 8.73. The van der Waals surface area contributed by atoms with Crippen molar-refractivity contribution in [3.05, 3.63) is 101 Å². The normalized spacial score (nSPS) is 11.5. The Morgan fingerprint density at radius 2 is 1.09 bits per heavy atom.